The van der Waals surface area contributed by atoms with Gasteiger partial charge in [-0.1, -0.05) is 0 Å². The van der Waals surface area contributed by atoms with Crippen LogP contribution in [0.2, 0.25) is 0 Å². The zero-order chi connectivity index (χ0) is 17.1. The predicted molar refractivity (Wildman–Crippen MR) is 102 cm³/mol. The summed E-state index contributed by atoms with van der Waals surface area (Å²) in [5.74, 6) is 1.66. The zero-order valence-electron chi connectivity index (χ0n) is 14.3. The lowest BCUT2D eigenvalue weighted by Gasteiger charge is -2.16. The molecular weight excluding hydrogens is 330 g/mol. The minimum absolute atomic E-state index is 0.319. The van der Waals surface area contributed by atoms with Crippen LogP contribution in [0.25, 0.3) is 20.9 Å². The second kappa shape index (κ2) is 7.28. The van der Waals surface area contributed by atoms with Gasteiger partial charge >= 0.3 is 0 Å². The van der Waals surface area contributed by atoms with Gasteiger partial charge in [-0.25, -0.2) is 0 Å². The monoisotopic (exact) mass is 351 g/mol. The van der Waals surface area contributed by atoms with Crippen molar-refractivity contribution in [2.24, 2.45) is 0 Å². The Bertz CT molecular complexity index is 838. The van der Waals surface area contributed by atoms with E-state index in [0.29, 0.717) is 6.10 Å². The average molecular weight is 351 g/mol. The molecule has 128 valence electrons. The van der Waals surface area contributed by atoms with Gasteiger partial charge in [0.15, 0.2) is 11.5 Å². The van der Waals surface area contributed by atoms with E-state index in [1.807, 2.05) is 30.6 Å². The fourth-order valence-electron chi connectivity index (χ4n) is 3.27. The van der Waals surface area contributed by atoms with E-state index in [2.05, 4.69) is 29.2 Å². The number of nitrogens with zero attached hydrogens (tertiary/aromatic N) is 1. The van der Waals surface area contributed by atoms with Crippen LogP contribution >= 0.6 is 11.3 Å². The number of methoxy groups -OCH3 is 1. The summed E-state index contributed by atoms with van der Waals surface area (Å²) >= 11 is 1.78. The molecule has 0 aliphatic heterocycles. The Labute approximate surface area is 152 Å². The van der Waals surface area contributed by atoms with E-state index in [-0.39, 0.29) is 0 Å². The van der Waals surface area contributed by atoms with Crippen molar-refractivity contribution in [1.29, 1.82) is 0 Å². The molecule has 4 rings (SSSR count). The smallest absolute Gasteiger partial charge is 0.162 e. The molecule has 0 unspecified atom stereocenters. The second-order valence-electron chi connectivity index (χ2n) is 6.29. The Kier molecular flexibility index (Phi) is 4.70. The Morgan fingerprint density at radius 3 is 2.32 bits per heavy atom. The summed E-state index contributed by atoms with van der Waals surface area (Å²) in [6.07, 6.45) is 8.77. The first-order valence-electron chi connectivity index (χ1n) is 8.69. The summed E-state index contributed by atoms with van der Waals surface area (Å²) in [7, 11) is 1.70. The third-order valence-electron chi connectivity index (χ3n) is 4.61. The molecule has 1 fully saturated rings. The fraction of sp³-hybridized carbons (Fsp3) is 0.286. The van der Waals surface area contributed by atoms with Crippen molar-refractivity contribution >= 4 is 11.3 Å². The summed E-state index contributed by atoms with van der Waals surface area (Å²) in [5.41, 5.74) is 2.36. The number of rotatable bonds is 5. The molecule has 25 heavy (non-hydrogen) atoms. The Morgan fingerprint density at radius 2 is 1.60 bits per heavy atom. The molecule has 2 heterocycles. The normalized spacial score (nSPS) is 14.6. The highest BCUT2D eigenvalue weighted by atomic mass is 32.1. The van der Waals surface area contributed by atoms with E-state index in [1.54, 1.807) is 18.4 Å². The average Bonchev–Trinajstić information content (AvgIpc) is 3.34. The summed E-state index contributed by atoms with van der Waals surface area (Å²) in [5, 5.41) is 0. The van der Waals surface area contributed by atoms with Gasteiger partial charge in [-0.15, -0.1) is 11.3 Å². The number of aromatic nitrogens is 1. The lowest BCUT2D eigenvalue weighted by molar-refractivity contribution is 0.201. The highest BCUT2D eigenvalue weighted by Gasteiger charge is 2.19. The molecule has 1 aliphatic carbocycles. The van der Waals surface area contributed by atoms with Crippen molar-refractivity contribution in [1.82, 2.24) is 4.98 Å². The maximum atomic E-state index is 6.22. The van der Waals surface area contributed by atoms with Crippen LogP contribution in [0.4, 0.5) is 0 Å². The standard InChI is InChI=1S/C21H21NO2S/c1-23-18-7-6-16(14-19(18)24-17-4-2-3-5-17)21-9-8-20(25-21)15-10-12-22-13-11-15/h6-14,17H,2-5H2,1H3. The molecule has 1 saturated carbocycles. The van der Waals surface area contributed by atoms with E-state index < -0.39 is 0 Å². The molecular formula is C21H21NO2S. The van der Waals surface area contributed by atoms with Crippen LogP contribution in [-0.2, 0) is 0 Å². The summed E-state index contributed by atoms with van der Waals surface area (Å²) in [4.78, 5) is 6.56. The van der Waals surface area contributed by atoms with Gasteiger partial charge in [-0.3, -0.25) is 4.98 Å². The molecule has 4 heteroatoms. The van der Waals surface area contributed by atoms with Crippen molar-refractivity contribution in [3.05, 3.63) is 54.9 Å². The Morgan fingerprint density at radius 1 is 0.880 bits per heavy atom. The first kappa shape index (κ1) is 16.2. The van der Waals surface area contributed by atoms with Gasteiger partial charge in [0, 0.05) is 22.1 Å². The van der Waals surface area contributed by atoms with Gasteiger partial charge in [0.05, 0.1) is 13.2 Å². The molecule has 0 radical (unpaired) electrons. The van der Waals surface area contributed by atoms with Gasteiger partial charge < -0.3 is 9.47 Å². The van der Waals surface area contributed by atoms with E-state index in [9.17, 15) is 0 Å². The van der Waals surface area contributed by atoms with Crippen LogP contribution < -0.4 is 9.47 Å². The highest BCUT2D eigenvalue weighted by Crippen LogP contribution is 2.39. The lowest BCUT2D eigenvalue weighted by atomic mass is 10.1. The molecule has 0 atom stereocenters. The number of pyridine rings is 1. The SMILES string of the molecule is COc1ccc(-c2ccc(-c3ccncc3)s2)cc1OC1CCCC1. The summed E-state index contributed by atoms with van der Waals surface area (Å²) in [6.45, 7) is 0. The zero-order valence-corrected chi connectivity index (χ0v) is 15.1. The van der Waals surface area contributed by atoms with Crippen molar-refractivity contribution in [2.45, 2.75) is 31.8 Å². The largest absolute Gasteiger partial charge is 0.493 e. The van der Waals surface area contributed by atoms with Gasteiger partial charge in [-0.05, 0) is 79.3 Å². The number of hydrogen-bond acceptors (Lipinski definition) is 4. The minimum atomic E-state index is 0.319. The molecule has 2 aromatic heterocycles. The van der Waals surface area contributed by atoms with Crippen molar-refractivity contribution in [2.75, 3.05) is 7.11 Å². The second-order valence-corrected chi connectivity index (χ2v) is 7.37. The Hall–Kier alpha value is -2.33. The van der Waals surface area contributed by atoms with E-state index in [0.717, 1.165) is 24.3 Å². The van der Waals surface area contributed by atoms with Gasteiger partial charge in [-0.2, -0.15) is 0 Å². The Balaban J connectivity index is 1.63. The van der Waals surface area contributed by atoms with Crippen molar-refractivity contribution in [3.8, 4) is 32.4 Å². The van der Waals surface area contributed by atoms with Gasteiger partial charge in [0.25, 0.3) is 0 Å². The molecule has 0 N–H and O–H groups in total. The minimum Gasteiger partial charge on any atom is -0.493 e. The number of hydrogen-bond donors (Lipinski definition) is 0. The van der Waals surface area contributed by atoms with Crippen LogP contribution in [0, 0.1) is 0 Å². The number of ether oxygens (including phenoxy) is 2. The van der Waals surface area contributed by atoms with E-state index in [1.165, 1.54) is 33.7 Å². The maximum absolute atomic E-state index is 6.22. The molecule has 1 aliphatic rings. The van der Waals surface area contributed by atoms with Gasteiger partial charge in [0.1, 0.15) is 0 Å². The van der Waals surface area contributed by atoms with E-state index >= 15 is 0 Å². The topological polar surface area (TPSA) is 31.4 Å². The molecule has 0 saturated heterocycles. The molecule has 3 aromatic rings. The quantitative estimate of drug-likeness (QED) is 0.581. The van der Waals surface area contributed by atoms with Crippen LogP contribution in [0.1, 0.15) is 25.7 Å². The summed E-state index contributed by atoms with van der Waals surface area (Å²) in [6, 6.07) is 14.6. The molecule has 3 nitrogen and oxygen atoms in total. The lowest BCUT2D eigenvalue weighted by Crippen LogP contribution is -2.11. The predicted octanol–water partition coefficient (Wildman–Crippen LogP) is 5.81. The molecule has 0 bridgehead atoms. The van der Waals surface area contributed by atoms with Gasteiger partial charge in [0.2, 0.25) is 0 Å². The number of thiophene rings is 1. The maximum Gasteiger partial charge on any atom is 0.162 e. The summed E-state index contributed by atoms with van der Waals surface area (Å²) < 4.78 is 11.7. The molecule has 1 aromatic carbocycles. The third-order valence-corrected chi connectivity index (χ3v) is 5.80. The van der Waals surface area contributed by atoms with Crippen LogP contribution in [0.5, 0.6) is 11.5 Å². The first-order chi connectivity index (χ1) is 12.3. The third kappa shape index (κ3) is 3.54. The fourth-order valence-corrected chi connectivity index (χ4v) is 4.28. The van der Waals surface area contributed by atoms with E-state index in [4.69, 9.17) is 9.47 Å². The van der Waals surface area contributed by atoms with Crippen LogP contribution in [0.15, 0.2) is 54.9 Å². The highest BCUT2D eigenvalue weighted by molar-refractivity contribution is 7.18. The van der Waals surface area contributed by atoms with Crippen LogP contribution in [-0.4, -0.2) is 18.2 Å². The first-order valence-corrected chi connectivity index (χ1v) is 9.50. The molecule has 0 spiro atoms. The molecule has 0 amide bonds. The van der Waals surface area contributed by atoms with Crippen molar-refractivity contribution < 1.29 is 9.47 Å². The van der Waals surface area contributed by atoms with Crippen LogP contribution in [0.3, 0.4) is 0 Å². The number of benzene rings is 1. The van der Waals surface area contributed by atoms with Crippen molar-refractivity contribution in [3.63, 3.8) is 0 Å².